The Morgan fingerprint density at radius 2 is 1.76 bits per heavy atom. The van der Waals surface area contributed by atoms with Gasteiger partial charge in [-0.2, -0.15) is 0 Å². The summed E-state index contributed by atoms with van der Waals surface area (Å²) in [5, 5.41) is 10.8. The molecular formula is C27H40ClN5O4. The fraction of sp³-hybridized carbons (Fsp3) is 0.481. The van der Waals surface area contributed by atoms with E-state index in [0.29, 0.717) is 19.4 Å². The van der Waals surface area contributed by atoms with Crippen LogP contribution in [0.1, 0.15) is 58.2 Å². The Balaban J connectivity index is 0.00000684. The summed E-state index contributed by atoms with van der Waals surface area (Å²) in [4.78, 5) is 46.1. The van der Waals surface area contributed by atoms with Gasteiger partial charge in [0.05, 0.1) is 18.2 Å². The molecule has 0 unspecified atom stereocenters. The van der Waals surface area contributed by atoms with Crippen LogP contribution in [0.25, 0.3) is 6.08 Å². The van der Waals surface area contributed by atoms with Crippen molar-refractivity contribution in [2.45, 2.75) is 53.4 Å². The van der Waals surface area contributed by atoms with Crippen molar-refractivity contribution in [3.05, 3.63) is 60.2 Å². The van der Waals surface area contributed by atoms with E-state index >= 15 is 0 Å². The van der Waals surface area contributed by atoms with Crippen LogP contribution in [0.15, 0.2) is 48.9 Å². The molecule has 0 aliphatic heterocycles. The minimum absolute atomic E-state index is 0. The van der Waals surface area contributed by atoms with Crippen molar-refractivity contribution < 1.29 is 19.6 Å². The van der Waals surface area contributed by atoms with Gasteiger partial charge in [0.1, 0.15) is 0 Å². The molecule has 4 N–H and O–H groups in total. The SMILES string of the molecule is CC(C)C[C@@H](C(=O)NN(CC(C)C)C(=O)CCc1cnc[nH]1)[C@H](C/C=C/c1ccccc1)C(=O)NO.Cl. The molecule has 0 radical (unpaired) electrons. The second kappa shape index (κ2) is 16.6. The van der Waals surface area contributed by atoms with Gasteiger partial charge in [-0.1, -0.05) is 70.2 Å². The Bertz CT molecular complexity index is 980. The highest BCUT2D eigenvalue weighted by Gasteiger charge is 2.35. The van der Waals surface area contributed by atoms with E-state index in [4.69, 9.17) is 0 Å². The lowest BCUT2D eigenvalue weighted by Crippen LogP contribution is -2.52. The molecule has 1 aromatic heterocycles. The molecule has 0 bridgehead atoms. The maximum absolute atomic E-state index is 13.5. The monoisotopic (exact) mass is 533 g/mol. The number of amides is 3. The van der Waals surface area contributed by atoms with Crippen molar-refractivity contribution in [1.29, 1.82) is 0 Å². The molecule has 2 aromatic rings. The number of allylic oxidation sites excluding steroid dienone is 1. The Morgan fingerprint density at radius 3 is 2.32 bits per heavy atom. The molecule has 9 nitrogen and oxygen atoms in total. The van der Waals surface area contributed by atoms with Gasteiger partial charge in [0, 0.05) is 24.9 Å². The van der Waals surface area contributed by atoms with Gasteiger partial charge in [-0.15, -0.1) is 12.4 Å². The van der Waals surface area contributed by atoms with Crippen LogP contribution in [0.4, 0.5) is 0 Å². The van der Waals surface area contributed by atoms with Crippen LogP contribution in [-0.2, 0) is 20.8 Å². The number of aryl methyl sites for hydroxylation is 1. The van der Waals surface area contributed by atoms with E-state index in [9.17, 15) is 19.6 Å². The van der Waals surface area contributed by atoms with E-state index < -0.39 is 23.7 Å². The number of carbonyl (C=O) groups is 3. The number of carbonyl (C=O) groups excluding carboxylic acids is 3. The van der Waals surface area contributed by atoms with Gasteiger partial charge in [-0.05, 0) is 36.7 Å². The molecular weight excluding hydrogens is 494 g/mol. The van der Waals surface area contributed by atoms with Crippen molar-refractivity contribution in [3.63, 3.8) is 0 Å². The molecule has 1 aromatic carbocycles. The third-order valence-electron chi connectivity index (χ3n) is 5.75. The largest absolute Gasteiger partial charge is 0.348 e. The summed E-state index contributed by atoms with van der Waals surface area (Å²) in [5.74, 6) is -2.58. The summed E-state index contributed by atoms with van der Waals surface area (Å²) in [5.41, 5.74) is 6.31. The lowest BCUT2D eigenvalue weighted by atomic mass is 9.82. The highest BCUT2D eigenvalue weighted by molar-refractivity contribution is 5.89. The molecule has 0 saturated carbocycles. The predicted molar refractivity (Wildman–Crippen MR) is 145 cm³/mol. The van der Waals surface area contributed by atoms with Crippen LogP contribution in [-0.4, -0.2) is 44.5 Å². The number of imidazole rings is 1. The molecule has 1 heterocycles. The molecule has 0 fully saturated rings. The topological polar surface area (TPSA) is 127 Å². The summed E-state index contributed by atoms with van der Waals surface area (Å²) in [6.45, 7) is 8.20. The number of hydrogen-bond donors (Lipinski definition) is 4. The van der Waals surface area contributed by atoms with E-state index in [-0.39, 0.29) is 43.0 Å². The summed E-state index contributed by atoms with van der Waals surface area (Å²) in [6, 6.07) is 9.63. The first-order valence-electron chi connectivity index (χ1n) is 12.4. The van der Waals surface area contributed by atoms with Gasteiger partial charge in [0.2, 0.25) is 17.7 Å². The first kappa shape index (κ1) is 31.9. The summed E-state index contributed by atoms with van der Waals surface area (Å²) in [7, 11) is 0. The summed E-state index contributed by atoms with van der Waals surface area (Å²) in [6.07, 6.45) is 8.28. The van der Waals surface area contributed by atoms with Gasteiger partial charge < -0.3 is 4.98 Å². The van der Waals surface area contributed by atoms with Crippen LogP contribution >= 0.6 is 12.4 Å². The van der Waals surface area contributed by atoms with Crippen molar-refractivity contribution in [3.8, 4) is 0 Å². The molecule has 0 spiro atoms. The maximum atomic E-state index is 13.5. The number of aromatic amines is 1. The lowest BCUT2D eigenvalue weighted by Gasteiger charge is -2.30. The van der Waals surface area contributed by atoms with Crippen molar-refractivity contribution in [2.24, 2.45) is 23.7 Å². The number of nitrogens with zero attached hydrogens (tertiary/aromatic N) is 2. The normalized spacial score (nSPS) is 12.7. The van der Waals surface area contributed by atoms with Crippen molar-refractivity contribution >= 4 is 36.2 Å². The highest BCUT2D eigenvalue weighted by Crippen LogP contribution is 2.26. The number of hydroxylamine groups is 1. The van der Waals surface area contributed by atoms with Crippen LogP contribution in [0.5, 0.6) is 0 Å². The average Bonchev–Trinajstić information content (AvgIpc) is 3.37. The standard InChI is InChI=1S/C27H39N5O4.ClH/c1-19(2)15-24(23(27(35)31-36)12-8-11-21-9-6-5-7-10-21)26(34)30-32(17-20(3)4)25(33)14-13-22-16-28-18-29-22;/h5-11,16,18-20,23-24,36H,12-15,17H2,1-4H3,(H,28,29)(H,30,34)(H,31,35);1H/b11-8+;/t23-,24+;/m0./s1. The quantitative estimate of drug-likeness (QED) is 0.227. The summed E-state index contributed by atoms with van der Waals surface area (Å²) < 4.78 is 0. The van der Waals surface area contributed by atoms with Crippen molar-refractivity contribution in [1.82, 2.24) is 25.9 Å². The van der Waals surface area contributed by atoms with Gasteiger partial charge in [-0.25, -0.2) is 10.5 Å². The third-order valence-corrected chi connectivity index (χ3v) is 5.75. The molecule has 3 amide bonds. The van der Waals surface area contributed by atoms with Gasteiger partial charge in [-0.3, -0.25) is 30.0 Å². The smallest absolute Gasteiger partial charge is 0.247 e. The second-order valence-corrected chi connectivity index (χ2v) is 9.82. The van der Waals surface area contributed by atoms with E-state index in [1.807, 2.05) is 70.2 Å². The predicted octanol–water partition coefficient (Wildman–Crippen LogP) is 4.17. The number of halogens is 1. The van der Waals surface area contributed by atoms with Crippen molar-refractivity contribution in [2.75, 3.05) is 6.54 Å². The molecule has 0 aliphatic carbocycles. The van der Waals surface area contributed by atoms with Crippen LogP contribution in [0.3, 0.4) is 0 Å². The number of hydrazine groups is 1. The number of nitrogens with one attached hydrogen (secondary N) is 3. The Labute approximate surface area is 225 Å². The van der Waals surface area contributed by atoms with E-state index in [1.54, 1.807) is 18.0 Å². The zero-order chi connectivity index (χ0) is 26.5. The van der Waals surface area contributed by atoms with E-state index in [0.717, 1.165) is 11.3 Å². The minimum atomic E-state index is -0.807. The first-order valence-corrected chi connectivity index (χ1v) is 12.4. The van der Waals surface area contributed by atoms with Gasteiger partial charge >= 0.3 is 0 Å². The molecule has 37 heavy (non-hydrogen) atoms. The van der Waals surface area contributed by atoms with Crippen LogP contribution in [0.2, 0.25) is 0 Å². The average molecular weight is 534 g/mol. The maximum Gasteiger partial charge on any atom is 0.247 e. The molecule has 0 aliphatic rings. The van der Waals surface area contributed by atoms with E-state index in [2.05, 4.69) is 15.4 Å². The number of rotatable bonds is 13. The fourth-order valence-electron chi connectivity index (χ4n) is 4.00. The van der Waals surface area contributed by atoms with E-state index in [1.165, 1.54) is 5.01 Å². The summed E-state index contributed by atoms with van der Waals surface area (Å²) >= 11 is 0. The minimum Gasteiger partial charge on any atom is -0.348 e. The fourth-order valence-corrected chi connectivity index (χ4v) is 4.00. The third kappa shape index (κ3) is 11.2. The molecule has 10 heteroatoms. The van der Waals surface area contributed by atoms with Crippen LogP contribution < -0.4 is 10.9 Å². The first-order chi connectivity index (χ1) is 17.2. The Kier molecular flexibility index (Phi) is 14.3. The Hall–Kier alpha value is -3.17. The zero-order valence-electron chi connectivity index (χ0n) is 22.0. The highest BCUT2D eigenvalue weighted by atomic mass is 35.5. The molecule has 2 rings (SSSR count). The number of H-pyrrole nitrogens is 1. The lowest BCUT2D eigenvalue weighted by molar-refractivity contribution is -0.147. The number of aromatic nitrogens is 2. The number of benzene rings is 1. The molecule has 204 valence electrons. The number of hydrogen-bond acceptors (Lipinski definition) is 5. The Morgan fingerprint density at radius 1 is 1.05 bits per heavy atom. The van der Waals surface area contributed by atoms with Gasteiger partial charge in [0.25, 0.3) is 0 Å². The second-order valence-electron chi connectivity index (χ2n) is 9.82. The zero-order valence-corrected chi connectivity index (χ0v) is 22.8. The molecule has 0 saturated heterocycles. The van der Waals surface area contributed by atoms with Gasteiger partial charge in [0.15, 0.2) is 0 Å². The van der Waals surface area contributed by atoms with Crippen LogP contribution in [0, 0.1) is 23.7 Å². The molecule has 2 atom stereocenters.